The molecule has 0 atom stereocenters. The second-order valence-corrected chi connectivity index (χ2v) is 7.09. The molecule has 0 aromatic heterocycles. The second-order valence-electron chi connectivity index (χ2n) is 6.10. The number of ketones is 1. The van der Waals surface area contributed by atoms with Crippen molar-refractivity contribution in [3.05, 3.63) is 64.7 Å². The number of amides is 1. The number of aryl methyl sites for hydroxylation is 1. The summed E-state index contributed by atoms with van der Waals surface area (Å²) < 4.78 is 5.34. The molecule has 0 aliphatic rings. The van der Waals surface area contributed by atoms with Crippen molar-refractivity contribution in [2.45, 2.75) is 26.0 Å². The Balaban J connectivity index is 1.78. The molecule has 2 aromatic carbocycles. The van der Waals surface area contributed by atoms with Crippen LogP contribution in [0.3, 0.4) is 0 Å². The van der Waals surface area contributed by atoms with Crippen LogP contribution >= 0.6 is 11.8 Å². The lowest BCUT2D eigenvalue weighted by molar-refractivity contribution is -0.118. The van der Waals surface area contributed by atoms with Gasteiger partial charge in [0.1, 0.15) is 5.75 Å². The van der Waals surface area contributed by atoms with Gasteiger partial charge >= 0.3 is 0 Å². The van der Waals surface area contributed by atoms with E-state index in [2.05, 4.69) is 24.4 Å². The van der Waals surface area contributed by atoms with Gasteiger partial charge in [0.25, 0.3) is 0 Å². The molecule has 1 amide bonds. The Hall–Kier alpha value is -2.27. The summed E-state index contributed by atoms with van der Waals surface area (Å²) >= 11 is 1.51. The van der Waals surface area contributed by atoms with E-state index in [1.165, 1.54) is 22.9 Å². The van der Waals surface area contributed by atoms with Crippen LogP contribution < -0.4 is 10.1 Å². The van der Waals surface area contributed by atoms with Crippen LogP contribution in [-0.2, 0) is 17.0 Å². The van der Waals surface area contributed by atoms with Crippen molar-refractivity contribution in [2.75, 3.05) is 19.4 Å². The fraction of sp³-hybridized carbons (Fsp3) is 0.333. The molecule has 0 radical (unpaired) electrons. The molecule has 138 valence electrons. The highest BCUT2D eigenvalue weighted by Crippen LogP contribution is 2.24. The fourth-order valence-electron chi connectivity index (χ4n) is 2.64. The van der Waals surface area contributed by atoms with Crippen LogP contribution in [0.5, 0.6) is 5.75 Å². The molecule has 1 N–H and O–H groups in total. The summed E-state index contributed by atoms with van der Waals surface area (Å²) in [5, 5.41) is 2.96. The number of nitrogens with one attached hydrogen (secondary N) is 1. The summed E-state index contributed by atoms with van der Waals surface area (Å²) in [6.45, 7) is 4.25. The first-order chi connectivity index (χ1) is 12.5. The van der Waals surface area contributed by atoms with Crippen LogP contribution in [0, 0.1) is 6.92 Å². The summed E-state index contributed by atoms with van der Waals surface area (Å²) in [7, 11) is 1.61. The highest BCUT2D eigenvalue weighted by Gasteiger charge is 2.09. The maximum atomic E-state index is 12.0. The number of Topliss-reactive ketones (excluding diaryl/α,β-unsaturated/α-hetero) is 1. The molecule has 0 heterocycles. The van der Waals surface area contributed by atoms with Gasteiger partial charge in [-0.2, -0.15) is 0 Å². The Labute approximate surface area is 159 Å². The summed E-state index contributed by atoms with van der Waals surface area (Å²) in [5.41, 5.74) is 4.09. The number of carbonyl (C=O) groups excluding carboxylic acids is 2. The first-order valence-electron chi connectivity index (χ1n) is 8.58. The molecule has 2 rings (SSSR count). The van der Waals surface area contributed by atoms with Crippen LogP contribution in [0.1, 0.15) is 34.0 Å². The van der Waals surface area contributed by atoms with Gasteiger partial charge in [-0.1, -0.05) is 24.3 Å². The maximum absolute atomic E-state index is 12.0. The van der Waals surface area contributed by atoms with E-state index in [0.717, 1.165) is 17.7 Å². The third kappa shape index (κ3) is 5.92. The quantitative estimate of drug-likeness (QED) is 0.681. The van der Waals surface area contributed by atoms with Crippen LogP contribution in [0.4, 0.5) is 0 Å². The predicted octanol–water partition coefficient (Wildman–Crippen LogP) is 3.80. The molecule has 0 aliphatic carbocycles. The van der Waals surface area contributed by atoms with E-state index in [4.69, 9.17) is 4.74 Å². The number of hydrogen-bond acceptors (Lipinski definition) is 4. The Bertz CT molecular complexity index is 774. The lowest BCUT2D eigenvalue weighted by Crippen LogP contribution is -2.27. The Kier molecular flexibility index (Phi) is 7.73. The zero-order chi connectivity index (χ0) is 18.9. The van der Waals surface area contributed by atoms with Gasteiger partial charge in [0.05, 0.1) is 12.9 Å². The molecule has 0 aliphatic heterocycles. The van der Waals surface area contributed by atoms with E-state index in [0.29, 0.717) is 23.6 Å². The first kappa shape index (κ1) is 20.0. The fourth-order valence-corrected chi connectivity index (χ4v) is 3.48. The summed E-state index contributed by atoms with van der Waals surface area (Å²) in [6.07, 6.45) is 0.831. The standard InChI is InChI=1S/C21H25NO3S/c1-15-6-4-5-7-17(15)10-11-22-21(24)14-26-13-19-12-18(16(2)23)8-9-20(19)25-3/h4-9,12H,10-11,13-14H2,1-3H3,(H,22,24). The molecule has 0 fully saturated rings. The largest absolute Gasteiger partial charge is 0.496 e. The predicted molar refractivity (Wildman–Crippen MR) is 107 cm³/mol. The number of rotatable bonds is 9. The average molecular weight is 372 g/mol. The number of ether oxygens (including phenoxy) is 1. The number of methoxy groups -OCH3 is 1. The van der Waals surface area contributed by atoms with Crippen molar-refractivity contribution < 1.29 is 14.3 Å². The van der Waals surface area contributed by atoms with Gasteiger partial charge < -0.3 is 10.1 Å². The molecule has 0 saturated heterocycles. The Morgan fingerprint density at radius 2 is 1.88 bits per heavy atom. The van der Waals surface area contributed by atoms with Gasteiger partial charge in [-0.25, -0.2) is 0 Å². The summed E-state index contributed by atoms with van der Waals surface area (Å²) in [4.78, 5) is 23.5. The number of thioether (sulfide) groups is 1. The van der Waals surface area contributed by atoms with Crippen LogP contribution in [0.25, 0.3) is 0 Å². The molecule has 0 saturated carbocycles. The highest BCUT2D eigenvalue weighted by molar-refractivity contribution is 7.99. The van der Waals surface area contributed by atoms with Crippen LogP contribution in [0.2, 0.25) is 0 Å². The topological polar surface area (TPSA) is 55.4 Å². The SMILES string of the molecule is COc1ccc(C(C)=O)cc1CSCC(=O)NCCc1ccccc1C. The van der Waals surface area contributed by atoms with Gasteiger partial charge in [-0.05, 0) is 49.6 Å². The Morgan fingerprint density at radius 1 is 1.12 bits per heavy atom. The second kappa shape index (κ2) is 10.0. The van der Waals surface area contributed by atoms with Crippen molar-refractivity contribution >= 4 is 23.5 Å². The van der Waals surface area contributed by atoms with Crippen molar-refractivity contribution in [1.82, 2.24) is 5.32 Å². The summed E-state index contributed by atoms with van der Waals surface area (Å²) in [5.74, 6) is 1.78. The maximum Gasteiger partial charge on any atom is 0.230 e. The molecule has 0 unspecified atom stereocenters. The average Bonchev–Trinajstić information content (AvgIpc) is 2.63. The minimum absolute atomic E-state index is 0.0188. The third-order valence-corrected chi connectivity index (χ3v) is 5.14. The molecular formula is C21H25NO3S. The minimum atomic E-state index is 0.0188. The van der Waals surface area contributed by atoms with E-state index in [9.17, 15) is 9.59 Å². The van der Waals surface area contributed by atoms with Crippen molar-refractivity contribution in [2.24, 2.45) is 0 Å². The minimum Gasteiger partial charge on any atom is -0.496 e. The van der Waals surface area contributed by atoms with E-state index in [1.807, 2.05) is 18.2 Å². The smallest absolute Gasteiger partial charge is 0.230 e. The lowest BCUT2D eigenvalue weighted by Gasteiger charge is -2.10. The molecular weight excluding hydrogens is 346 g/mol. The zero-order valence-corrected chi connectivity index (χ0v) is 16.3. The van der Waals surface area contributed by atoms with Gasteiger partial charge in [0.15, 0.2) is 5.78 Å². The monoisotopic (exact) mass is 371 g/mol. The first-order valence-corrected chi connectivity index (χ1v) is 9.73. The van der Waals surface area contributed by atoms with Gasteiger partial charge in [0.2, 0.25) is 5.91 Å². The molecule has 0 spiro atoms. The molecule has 5 heteroatoms. The van der Waals surface area contributed by atoms with Crippen molar-refractivity contribution in [3.63, 3.8) is 0 Å². The lowest BCUT2D eigenvalue weighted by atomic mass is 10.1. The van der Waals surface area contributed by atoms with E-state index < -0.39 is 0 Å². The van der Waals surface area contributed by atoms with E-state index in [-0.39, 0.29) is 11.7 Å². The molecule has 4 nitrogen and oxygen atoms in total. The van der Waals surface area contributed by atoms with Gasteiger partial charge in [-0.15, -0.1) is 11.8 Å². The van der Waals surface area contributed by atoms with Gasteiger partial charge in [0, 0.05) is 23.4 Å². The Morgan fingerprint density at radius 3 is 2.58 bits per heavy atom. The molecule has 26 heavy (non-hydrogen) atoms. The van der Waals surface area contributed by atoms with E-state index in [1.54, 1.807) is 26.2 Å². The normalized spacial score (nSPS) is 10.4. The van der Waals surface area contributed by atoms with Crippen LogP contribution in [-0.4, -0.2) is 31.1 Å². The number of benzene rings is 2. The van der Waals surface area contributed by atoms with Gasteiger partial charge in [-0.3, -0.25) is 9.59 Å². The highest BCUT2D eigenvalue weighted by atomic mass is 32.2. The van der Waals surface area contributed by atoms with Crippen molar-refractivity contribution in [3.8, 4) is 5.75 Å². The van der Waals surface area contributed by atoms with Crippen LogP contribution in [0.15, 0.2) is 42.5 Å². The summed E-state index contributed by atoms with van der Waals surface area (Å²) in [6, 6.07) is 13.6. The number of carbonyl (C=O) groups is 2. The van der Waals surface area contributed by atoms with Crippen molar-refractivity contribution in [1.29, 1.82) is 0 Å². The van der Waals surface area contributed by atoms with E-state index >= 15 is 0 Å². The number of hydrogen-bond donors (Lipinski definition) is 1. The third-order valence-electron chi connectivity index (χ3n) is 4.16. The molecule has 2 aromatic rings. The molecule has 0 bridgehead atoms. The zero-order valence-electron chi connectivity index (χ0n) is 15.5.